The van der Waals surface area contributed by atoms with Gasteiger partial charge in [0.2, 0.25) is 0 Å². The number of esters is 1. The van der Waals surface area contributed by atoms with Gasteiger partial charge in [-0.25, -0.2) is 18.6 Å². The molecule has 2 heterocycles. The maximum Gasteiger partial charge on any atom is 0.358 e. The second-order valence-electron chi connectivity index (χ2n) is 7.24. The van der Waals surface area contributed by atoms with Gasteiger partial charge in [-0.3, -0.25) is 0 Å². The topological polar surface area (TPSA) is 59.7 Å². The highest BCUT2D eigenvalue weighted by molar-refractivity contribution is 6.33. The molecule has 0 fully saturated rings. The Morgan fingerprint density at radius 2 is 1.85 bits per heavy atom. The zero-order chi connectivity index (χ0) is 23.9. The Balaban J connectivity index is 1.97. The highest BCUT2D eigenvalue weighted by atomic mass is 35.5. The smallest absolute Gasteiger partial charge is 0.358 e. The van der Waals surface area contributed by atoms with E-state index in [4.69, 9.17) is 27.9 Å². The Kier molecular flexibility index (Phi) is 6.23. The molecule has 0 radical (unpaired) electrons. The van der Waals surface area contributed by atoms with Gasteiger partial charge in [0.05, 0.1) is 23.0 Å². The molecule has 0 saturated heterocycles. The van der Waals surface area contributed by atoms with Crippen LogP contribution in [0.15, 0.2) is 42.5 Å². The van der Waals surface area contributed by atoms with E-state index >= 15 is 0 Å². The number of nitrogens with zero attached hydrogens (tertiary/aromatic N) is 4. The van der Waals surface area contributed by atoms with Crippen LogP contribution >= 0.6 is 23.2 Å². The van der Waals surface area contributed by atoms with Crippen LogP contribution in [-0.2, 0) is 4.74 Å². The molecular weight excluding hydrogens is 473 g/mol. The van der Waals surface area contributed by atoms with Gasteiger partial charge >= 0.3 is 5.97 Å². The third-order valence-electron chi connectivity index (χ3n) is 5.04. The first kappa shape index (κ1) is 22.9. The average Bonchev–Trinajstić information content (AvgIpc) is 3.21. The third kappa shape index (κ3) is 4.24. The van der Waals surface area contributed by atoms with Gasteiger partial charge in [-0.15, -0.1) is 0 Å². The van der Waals surface area contributed by atoms with Crippen LogP contribution in [0.5, 0.6) is 0 Å². The number of halogens is 4. The van der Waals surface area contributed by atoms with Crippen molar-refractivity contribution in [2.75, 3.05) is 18.6 Å². The molecule has 4 aromatic rings. The molecule has 0 bridgehead atoms. The quantitative estimate of drug-likeness (QED) is 0.245. The minimum atomic E-state index is -0.911. The second-order valence-corrected chi connectivity index (χ2v) is 8.02. The number of hydrogen-bond donors (Lipinski definition) is 0. The summed E-state index contributed by atoms with van der Waals surface area (Å²) < 4.78 is 34.8. The molecule has 2 aromatic carbocycles. The van der Waals surface area contributed by atoms with E-state index in [-0.39, 0.29) is 29.2 Å². The zero-order valence-corrected chi connectivity index (χ0v) is 19.4. The highest BCUT2D eigenvalue weighted by Crippen LogP contribution is 2.36. The van der Waals surface area contributed by atoms with Gasteiger partial charge in [-0.1, -0.05) is 35.3 Å². The van der Waals surface area contributed by atoms with E-state index in [1.54, 1.807) is 31.0 Å². The van der Waals surface area contributed by atoms with Crippen LogP contribution in [0, 0.1) is 18.6 Å². The van der Waals surface area contributed by atoms with Crippen molar-refractivity contribution in [3.63, 3.8) is 0 Å². The summed E-state index contributed by atoms with van der Waals surface area (Å²) in [5.74, 6) is -1.98. The lowest BCUT2D eigenvalue weighted by atomic mass is 10.1. The lowest BCUT2D eigenvalue weighted by Crippen LogP contribution is -2.16. The fourth-order valence-corrected chi connectivity index (χ4v) is 3.97. The van der Waals surface area contributed by atoms with Crippen LogP contribution in [-0.4, -0.2) is 34.2 Å². The number of fused-ring (bicyclic) bond motifs is 1. The molecule has 6 nitrogen and oxygen atoms in total. The van der Waals surface area contributed by atoms with Crippen molar-refractivity contribution < 1.29 is 18.3 Å². The molecule has 0 atom stereocenters. The number of carbonyl (C=O) groups excluding carboxylic acids is 1. The first-order chi connectivity index (χ1) is 15.7. The maximum absolute atomic E-state index is 14.2. The van der Waals surface area contributed by atoms with Gasteiger partial charge in [0.1, 0.15) is 22.5 Å². The van der Waals surface area contributed by atoms with E-state index in [1.165, 1.54) is 10.6 Å². The van der Waals surface area contributed by atoms with Crippen molar-refractivity contribution in [1.29, 1.82) is 0 Å². The van der Waals surface area contributed by atoms with Crippen molar-refractivity contribution >= 4 is 46.3 Å². The highest BCUT2D eigenvalue weighted by Gasteiger charge is 2.21. The zero-order valence-electron chi connectivity index (χ0n) is 17.9. The average molecular weight is 491 g/mol. The van der Waals surface area contributed by atoms with Crippen LogP contribution in [0.25, 0.3) is 16.9 Å². The number of ether oxygens (including phenoxy) is 1. The lowest BCUT2D eigenvalue weighted by molar-refractivity contribution is 0.0519. The predicted octanol–water partition coefficient (Wildman–Crippen LogP) is 6.23. The van der Waals surface area contributed by atoms with Crippen LogP contribution in [0.2, 0.25) is 10.0 Å². The summed E-state index contributed by atoms with van der Waals surface area (Å²) >= 11 is 12.1. The van der Waals surface area contributed by atoms with Gasteiger partial charge in [0.15, 0.2) is 11.3 Å². The lowest BCUT2D eigenvalue weighted by Gasteiger charge is -2.24. The largest absolute Gasteiger partial charge is 0.461 e. The van der Waals surface area contributed by atoms with Gasteiger partial charge in [-0.2, -0.15) is 9.61 Å². The number of para-hydroxylation sites is 1. The van der Waals surface area contributed by atoms with E-state index in [9.17, 15) is 13.6 Å². The van der Waals surface area contributed by atoms with E-state index < -0.39 is 22.6 Å². The molecule has 0 N–H and O–H groups in total. The number of anilines is 2. The molecule has 33 heavy (non-hydrogen) atoms. The monoisotopic (exact) mass is 490 g/mol. The number of hydrogen-bond acceptors (Lipinski definition) is 5. The minimum absolute atomic E-state index is 0.0421. The fourth-order valence-electron chi connectivity index (χ4n) is 3.52. The standard InChI is InChI=1S/C23H18Cl2F2N4O2/c1-4-33-23(32)18-10-19-28-17(13-8-15(26)21(25)16(27)9-13)11-20(31(19)29-18)30(3)22-12(2)6-5-7-14(22)24/h5-11H,4H2,1-3H3. The van der Waals surface area contributed by atoms with Crippen LogP contribution in [0.1, 0.15) is 23.0 Å². The van der Waals surface area contributed by atoms with Gasteiger partial charge < -0.3 is 9.64 Å². The van der Waals surface area contributed by atoms with Crippen molar-refractivity contribution in [2.24, 2.45) is 0 Å². The normalized spacial score (nSPS) is 11.1. The summed E-state index contributed by atoms with van der Waals surface area (Å²) in [6.45, 7) is 3.77. The number of carbonyl (C=O) groups is 1. The number of rotatable bonds is 5. The number of aryl methyl sites for hydroxylation is 1. The molecule has 0 saturated carbocycles. The summed E-state index contributed by atoms with van der Waals surface area (Å²) in [7, 11) is 1.77. The first-order valence-electron chi connectivity index (χ1n) is 9.93. The third-order valence-corrected chi connectivity index (χ3v) is 5.71. The molecule has 0 unspecified atom stereocenters. The summed E-state index contributed by atoms with van der Waals surface area (Å²) in [6, 6.07) is 10.7. The molecule has 170 valence electrons. The molecule has 10 heteroatoms. The van der Waals surface area contributed by atoms with Gasteiger partial charge in [-0.05, 0) is 37.6 Å². The van der Waals surface area contributed by atoms with Crippen molar-refractivity contribution in [2.45, 2.75) is 13.8 Å². The Labute approximate surface area is 198 Å². The summed E-state index contributed by atoms with van der Waals surface area (Å²) in [5.41, 5.74) is 2.32. The van der Waals surface area contributed by atoms with Crippen molar-refractivity contribution in [1.82, 2.24) is 14.6 Å². The summed E-state index contributed by atoms with van der Waals surface area (Å²) in [6.07, 6.45) is 0. The molecule has 0 aliphatic rings. The first-order valence-corrected chi connectivity index (χ1v) is 10.7. The fraction of sp³-hybridized carbons (Fsp3) is 0.174. The SMILES string of the molecule is CCOC(=O)c1cc2nc(-c3cc(F)c(Cl)c(F)c3)cc(N(C)c3c(C)cccc3Cl)n2n1. The van der Waals surface area contributed by atoms with Gasteiger partial charge in [0.25, 0.3) is 0 Å². The summed E-state index contributed by atoms with van der Waals surface area (Å²) in [5, 5.41) is 4.24. The molecule has 0 spiro atoms. The van der Waals surface area contributed by atoms with E-state index in [1.807, 2.05) is 19.1 Å². The predicted molar refractivity (Wildman–Crippen MR) is 124 cm³/mol. The van der Waals surface area contributed by atoms with Crippen molar-refractivity contribution in [3.8, 4) is 11.3 Å². The minimum Gasteiger partial charge on any atom is -0.461 e. The van der Waals surface area contributed by atoms with E-state index in [2.05, 4.69) is 10.1 Å². The number of aromatic nitrogens is 3. The second kappa shape index (κ2) is 8.96. The van der Waals surface area contributed by atoms with Crippen molar-refractivity contribution in [3.05, 3.63) is 75.4 Å². The van der Waals surface area contributed by atoms with E-state index in [0.29, 0.717) is 16.5 Å². The Morgan fingerprint density at radius 3 is 2.48 bits per heavy atom. The molecule has 0 amide bonds. The Bertz CT molecular complexity index is 1350. The molecule has 2 aromatic heterocycles. The Hall–Kier alpha value is -3.23. The molecule has 4 rings (SSSR count). The number of benzene rings is 2. The molecular formula is C23H18Cl2F2N4O2. The molecule has 0 aliphatic carbocycles. The van der Waals surface area contributed by atoms with Gasteiger partial charge in [0, 0.05) is 24.7 Å². The van der Waals surface area contributed by atoms with Crippen LogP contribution in [0.4, 0.5) is 20.3 Å². The van der Waals surface area contributed by atoms with Crippen LogP contribution < -0.4 is 4.90 Å². The van der Waals surface area contributed by atoms with E-state index in [0.717, 1.165) is 17.7 Å². The Morgan fingerprint density at radius 1 is 1.15 bits per heavy atom. The summed E-state index contributed by atoms with van der Waals surface area (Å²) in [4.78, 5) is 18.5. The van der Waals surface area contributed by atoms with Crippen LogP contribution in [0.3, 0.4) is 0 Å². The molecule has 0 aliphatic heterocycles. The maximum atomic E-state index is 14.2.